The van der Waals surface area contributed by atoms with Gasteiger partial charge in [-0.15, -0.1) is 0 Å². The van der Waals surface area contributed by atoms with E-state index in [-0.39, 0.29) is 11.9 Å². The number of likely N-dealkylation sites (N-methyl/N-ethyl adjacent to an activating group) is 1. The third-order valence-electron chi connectivity index (χ3n) is 3.87. The van der Waals surface area contributed by atoms with Crippen LogP contribution in [0.25, 0.3) is 0 Å². The Kier molecular flexibility index (Phi) is 6.45. The molecule has 0 saturated carbocycles. The Morgan fingerprint density at radius 2 is 1.86 bits per heavy atom. The highest BCUT2D eigenvalue weighted by atomic mass is 16.4. The van der Waals surface area contributed by atoms with E-state index in [1.807, 2.05) is 30.8 Å². The Labute approximate surface area is 127 Å². The molecule has 1 heterocycles. The first kappa shape index (κ1) is 17.8. The van der Waals surface area contributed by atoms with Crippen LogP contribution in [0.1, 0.15) is 20.8 Å². The molecule has 2 amide bonds. The van der Waals surface area contributed by atoms with Crippen LogP contribution < -0.4 is 0 Å². The van der Waals surface area contributed by atoms with Gasteiger partial charge in [-0.1, -0.05) is 20.8 Å². The molecule has 6 heteroatoms. The molecule has 2 unspecified atom stereocenters. The molecule has 21 heavy (non-hydrogen) atoms. The van der Waals surface area contributed by atoms with Gasteiger partial charge in [0, 0.05) is 32.7 Å². The summed E-state index contributed by atoms with van der Waals surface area (Å²) in [5.41, 5.74) is 0. The van der Waals surface area contributed by atoms with E-state index in [9.17, 15) is 14.7 Å². The van der Waals surface area contributed by atoms with Gasteiger partial charge in [-0.05, 0) is 25.9 Å². The molecule has 0 aliphatic carbocycles. The lowest BCUT2D eigenvalue weighted by molar-refractivity contribution is -0.142. The molecule has 1 saturated heterocycles. The van der Waals surface area contributed by atoms with Crippen molar-refractivity contribution in [2.75, 3.05) is 46.8 Å². The van der Waals surface area contributed by atoms with Crippen LogP contribution >= 0.6 is 0 Å². The quantitative estimate of drug-likeness (QED) is 0.802. The molecule has 1 fully saturated rings. The third-order valence-corrected chi connectivity index (χ3v) is 3.87. The van der Waals surface area contributed by atoms with Gasteiger partial charge in [0.25, 0.3) is 0 Å². The molecule has 1 aliphatic rings. The predicted molar refractivity (Wildman–Crippen MR) is 82.2 cm³/mol. The highest BCUT2D eigenvalue weighted by molar-refractivity contribution is 5.77. The smallest absolute Gasteiger partial charge is 0.320 e. The fraction of sp³-hybridized carbons (Fsp3) is 0.867. The Morgan fingerprint density at radius 3 is 2.29 bits per heavy atom. The second-order valence-electron chi connectivity index (χ2n) is 6.75. The largest absolute Gasteiger partial charge is 0.481 e. The number of hydrogen-bond donors (Lipinski definition) is 1. The van der Waals surface area contributed by atoms with Gasteiger partial charge in [-0.2, -0.15) is 0 Å². The summed E-state index contributed by atoms with van der Waals surface area (Å²) in [7, 11) is 3.97. The van der Waals surface area contributed by atoms with Crippen LogP contribution in [0.4, 0.5) is 4.79 Å². The van der Waals surface area contributed by atoms with E-state index in [2.05, 4.69) is 13.8 Å². The van der Waals surface area contributed by atoms with Crippen molar-refractivity contribution in [1.29, 1.82) is 0 Å². The lowest BCUT2D eigenvalue weighted by Gasteiger charge is -2.30. The monoisotopic (exact) mass is 299 g/mol. The summed E-state index contributed by atoms with van der Waals surface area (Å²) in [4.78, 5) is 29.4. The summed E-state index contributed by atoms with van der Waals surface area (Å²) < 4.78 is 0. The lowest BCUT2D eigenvalue weighted by Crippen LogP contribution is -2.46. The number of carbonyl (C=O) groups excluding carboxylic acids is 1. The number of aliphatic carboxylic acids is 1. The van der Waals surface area contributed by atoms with Crippen molar-refractivity contribution < 1.29 is 14.7 Å². The Morgan fingerprint density at radius 1 is 1.24 bits per heavy atom. The van der Waals surface area contributed by atoms with Crippen molar-refractivity contribution in [1.82, 2.24) is 14.7 Å². The maximum absolute atomic E-state index is 12.6. The zero-order valence-electron chi connectivity index (χ0n) is 13.9. The van der Waals surface area contributed by atoms with Crippen molar-refractivity contribution in [3.05, 3.63) is 0 Å². The van der Waals surface area contributed by atoms with Crippen LogP contribution in [0.2, 0.25) is 0 Å². The minimum atomic E-state index is -0.804. The van der Waals surface area contributed by atoms with Gasteiger partial charge in [0.2, 0.25) is 0 Å². The molecule has 2 atom stereocenters. The topological polar surface area (TPSA) is 64.1 Å². The first-order valence-electron chi connectivity index (χ1n) is 7.63. The van der Waals surface area contributed by atoms with Crippen molar-refractivity contribution in [2.24, 2.45) is 17.8 Å². The average Bonchev–Trinajstić information content (AvgIpc) is 2.75. The van der Waals surface area contributed by atoms with Gasteiger partial charge in [-0.3, -0.25) is 4.79 Å². The summed E-state index contributed by atoms with van der Waals surface area (Å²) in [5.74, 6) is -0.835. The zero-order chi connectivity index (χ0) is 16.2. The number of carboxylic acids is 1. The molecule has 1 N–H and O–H groups in total. The number of carboxylic acid groups (broad SMARTS) is 1. The van der Waals surface area contributed by atoms with E-state index in [0.29, 0.717) is 32.1 Å². The Hall–Kier alpha value is -1.30. The molecule has 0 radical (unpaired) electrons. The highest BCUT2D eigenvalue weighted by Gasteiger charge is 2.38. The summed E-state index contributed by atoms with van der Waals surface area (Å²) in [6.45, 7) is 9.12. The van der Waals surface area contributed by atoms with Crippen LogP contribution in [0.15, 0.2) is 0 Å². The number of amides is 2. The molecule has 0 aromatic heterocycles. The van der Waals surface area contributed by atoms with Crippen molar-refractivity contribution in [2.45, 2.75) is 20.8 Å². The number of nitrogens with zero attached hydrogens (tertiary/aromatic N) is 3. The molecule has 0 aromatic carbocycles. The fourth-order valence-electron chi connectivity index (χ4n) is 2.67. The number of urea groups is 1. The van der Waals surface area contributed by atoms with E-state index in [1.54, 1.807) is 4.90 Å². The van der Waals surface area contributed by atoms with Gasteiger partial charge >= 0.3 is 12.0 Å². The fourth-order valence-corrected chi connectivity index (χ4v) is 2.67. The first-order valence-corrected chi connectivity index (χ1v) is 7.63. The Balaban J connectivity index is 2.69. The number of carbonyl (C=O) groups is 2. The summed E-state index contributed by atoms with van der Waals surface area (Å²) in [5, 5.41) is 9.19. The Bertz CT molecular complexity index is 371. The van der Waals surface area contributed by atoms with E-state index in [0.717, 1.165) is 6.54 Å². The predicted octanol–water partition coefficient (Wildman–Crippen LogP) is 1.28. The number of likely N-dealkylation sites (tertiary alicyclic amines) is 1. The maximum atomic E-state index is 12.6. The van der Waals surface area contributed by atoms with Crippen LogP contribution in [0.5, 0.6) is 0 Å². The number of rotatable bonds is 6. The summed E-state index contributed by atoms with van der Waals surface area (Å²) in [6, 6.07) is -0.0267. The molecule has 0 spiro atoms. The maximum Gasteiger partial charge on any atom is 0.320 e. The third kappa shape index (κ3) is 5.19. The van der Waals surface area contributed by atoms with Crippen LogP contribution in [0.3, 0.4) is 0 Å². The van der Waals surface area contributed by atoms with Gasteiger partial charge in [0.05, 0.1) is 5.92 Å². The molecular formula is C15H29N3O3. The van der Waals surface area contributed by atoms with Gasteiger partial charge in [-0.25, -0.2) is 4.79 Å². The standard InChI is InChI=1S/C15H29N3O3/c1-11(2)8-17(7-6-16(4)5)15(21)18-9-12(3)13(10-18)14(19)20/h11-13H,6-10H2,1-5H3,(H,19,20). The molecule has 0 bridgehead atoms. The summed E-state index contributed by atoms with van der Waals surface area (Å²) in [6.07, 6.45) is 0. The van der Waals surface area contributed by atoms with Gasteiger partial charge < -0.3 is 19.8 Å². The second kappa shape index (κ2) is 7.64. The number of hydrogen-bond acceptors (Lipinski definition) is 3. The average molecular weight is 299 g/mol. The van der Waals surface area contributed by atoms with Crippen LogP contribution in [0, 0.1) is 17.8 Å². The molecule has 1 aliphatic heterocycles. The molecule has 6 nitrogen and oxygen atoms in total. The van der Waals surface area contributed by atoms with Crippen molar-refractivity contribution >= 4 is 12.0 Å². The minimum Gasteiger partial charge on any atom is -0.481 e. The van der Waals surface area contributed by atoms with E-state index in [4.69, 9.17) is 0 Å². The van der Waals surface area contributed by atoms with Crippen LogP contribution in [-0.2, 0) is 4.79 Å². The SMILES string of the molecule is CC(C)CN(CCN(C)C)C(=O)N1CC(C)C(C(=O)O)C1. The molecular weight excluding hydrogens is 270 g/mol. The van der Waals surface area contributed by atoms with Crippen molar-refractivity contribution in [3.63, 3.8) is 0 Å². The highest BCUT2D eigenvalue weighted by Crippen LogP contribution is 2.24. The normalized spacial score (nSPS) is 22.1. The molecule has 0 aromatic rings. The molecule has 1 rings (SSSR count). The minimum absolute atomic E-state index is 0.0150. The van der Waals surface area contributed by atoms with Gasteiger partial charge in [0.15, 0.2) is 0 Å². The second-order valence-corrected chi connectivity index (χ2v) is 6.75. The van der Waals surface area contributed by atoms with Crippen LogP contribution in [-0.4, -0.2) is 78.6 Å². The zero-order valence-corrected chi connectivity index (χ0v) is 13.9. The van der Waals surface area contributed by atoms with E-state index < -0.39 is 11.9 Å². The summed E-state index contributed by atoms with van der Waals surface area (Å²) >= 11 is 0. The van der Waals surface area contributed by atoms with E-state index in [1.165, 1.54) is 0 Å². The molecule has 122 valence electrons. The lowest BCUT2D eigenvalue weighted by atomic mass is 9.99. The van der Waals surface area contributed by atoms with Crippen molar-refractivity contribution in [3.8, 4) is 0 Å². The first-order chi connectivity index (χ1) is 9.72. The van der Waals surface area contributed by atoms with E-state index >= 15 is 0 Å². The van der Waals surface area contributed by atoms with Gasteiger partial charge in [0.1, 0.15) is 0 Å².